The highest BCUT2D eigenvalue weighted by atomic mass is 32.1. The van der Waals surface area contributed by atoms with Crippen LogP contribution < -0.4 is 4.74 Å². The van der Waals surface area contributed by atoms with Gasteiger partial charge in [0, 0.05) is 37.6 Å². The highest BCUT2D eigenvalue weighted by Gasteiger charge is 2.37. The maximum Gasteiger partial charge on any atom is 0.198 e. The second-order valence-corrected chi connectivity index (χ2v) is 9.70. The van der Waals surface area contributed by atoms with E-state index in [4.69, 9.17) is 16.6 Å². The average Bonchev–Trinajstić information content (AvgIpc) is 3.33. The van der Waals surface area contributed by atoms with Gasteiger partial charge >= 0.3 is 0 Å². The zero-order valence-electron chi connectivity index (χ0n) is 19.5. The van der Waals surface area contributed by atoms with Crippen LogP contribution in [0.5, 0.6) is 5.75 Å². The number of thiophene rings is 1. The molecule has 1 aromatic heterocycles. The minimum atomic E-state index is -0.516. The van der Waals surface area contributed by atoms with Crippen LogP contribution in [0, 0.1) is 35.2 Å². The lowest BCUT2D eigenvalue weighted by Crippen LogP contribution is -2.47. The number of nitriles is 2. The summed E-state index contributed by atoms with van der Waals surface area (Å²) in [7, 11) is 0. The van der Waals surface area contributed by atoms with Gasteiger partial charge in [-0.05, 0) is 61.0 Å². The van der Waals surface area contributed by atoms with Crippen LogP contribution in [0.15, 0.2) is 35.7 Å². The van der Waals surface area contributed by atoms with E-state index in [9.17, 15) is 5.26 Å². The molecule has 33 heavy (non-hydrogen) atoms. The zero-order valence-corrected chi connectivity index (χ0v) is 20.3. The van der Waals surface area contributed by atoms with Gasteiger partial charge in [-0.25, -0.2) is 4.85 Å². The van der Waals surface area contributed by atoms with E-state index in [-0.39, 0.29) is 5.92 Å². The summed E-state index contributed by atoms with van der Waals surface area (Å²) in [6, 6.07) is 13.9. The lowest BCUT2D eigenvalue weighted by molar-refractivity contribution is 0.114. The molecule has 2 heterocycles. The van der Waals surface area contributed by atoms with Crippen molar-refractivity contribution < 1.29 is 4.74 Å². The van der Waals surface area contributed by atoms with E-state index in [0.717, 1.165) is 62.7 Å². The Morgan fingerprint density at radius 1 is 1.12 bits per heavy atom. The number of piperazine rings is 1. The van der Waals surface area contributed by atoms with Crippen molar-refractivity contribution in [1.82, 2.24) is 9.80 Å². The molecule has 1 saturated heterocycles. The monoisotopic (exact) mass is 461 g/mol. The second-order valence-electron chi connectivity index (χ2n) is 8.79. The molecule has 1 aliphatic rings. The third kappa shape index (κ3) is 6.34. The van der Waals surface area contributed by atoms with Crippen molar-refractivity contribution in [3.63, 3.8) is 0 Å². The van der Waals surface area contributed by atoms with Crippen LogP contribution in [0.25, 0.3) is 4.85 Å². The number of nitrogens with zero attached hydrogens (tertiary/aromatic N) is 5. The van der Waals surface area contributed by atoms with E-state index in [0.29, 0.717) is 17.9 Å². The van der Waals surface area contributed by atoms with Crippen molar-refractivity contribution in [3.05, 3.63) is 57.6 Å². The van der Waals surface area contributed by atoms with E-state index in [2.05, 4.69) is 40.6 Å². The largest absolute Gasteiger partial charge is 0.492 e. The van der Waals surface area contributed by atoms with Crippen LogP contribution in [0.1, 0.15) is 37.1 Å². The zero-order chi connectivity index (χ0) is 23.7. The van der Waals surface area contributed by atoms with Gasteiger partial charge in [-0.15, -0.1) is 0 Å². The summed E-state index contributed by atoms with van der Waals surface area (Å²) in [6.07, 6.45) is 1.79. The summed E-state index contributed by atoms with van der Waals surface area (Å²) in [4.78, 5) is 9.46. The first-order valence-corrected chi connectivity index (χ1v) is 12.3. The molecule has 0 spiro atoms. The fourth-order valence-electron chi connectivity index (χ4n) is 4.29. The molecule has 6 nitrogen and oxygen atoms in total. The van der Waals surface area contributed by atoms with Crippen molar-refractivity contribution in [2.24, 2.45) is 5.92 Å². The molecule has 1 atom stereocenters. The molecule has 2 aromatic rings. The van der Waals surface area contributed by atoms with Crippen LogP contribution >= 0.6 is 11.3 Å². The van der Waals surface area contributed by atoms with Gasteiger partial charge in [-0.2, -0.15) is 21.9 Å². The van der Waals surface area contributed by atoms with Crippen molar-refractivity contribution in [2.45, 2.75) is 32.1 Å². The van der Waals surface area contributed by atoms with E-state index < -0.39 is 5.41 Å². The molecular weight excluding hydrogens is 430 g/mol. The van der Waals surface area contributed by atoms with Crippen LogP contribution in [-0.4, -0.2) is 55.7 Å². The molecule has 172 valence electrons. The Labute approximate surface area is 201 Å². The third-order valence-electron chi connectivity index (χ3n) is 6.51. The summed E-state index contributed by atoms with van der Waals surface area (Å²) in [5, 5.41) is 20.8. The van der Waals surface area contributed by atoms with Crippen LogP contribution in [0.3, 0.4) is 0 Å². The van der Waals surface area contributed by atoms with Gasteiger partial charge < -0.3 is 9.64 Å². The maximum absolute atomic E-state index is 10.1. The fourth-order valence-corrected chi connectivity index (χ4v) is 5.44. The summed E-state index contributed by atoms with van der Waals surface area (Å²) < 4.78 is 5.81. The number of benzene rings is 1. The Kier molecular flexibility index (Phi) is 8.87. The Balaban J connectivity index is 1.41. The first-order valence-electron chi connectivity index (χ1n) is 11.5. The van der Waals surface area contributed by atoms with Crippen molar-refractivity contribution in [2.75, 3.05) is 45.9 Å². The molecule has 0 N–H and O–H groups in total. The molecule has 0 bridgehead atoms. The van der Waals surface area contributed by atoms with E-state index in [1.54, 1.807) is 23.5 Å². The highest BCUT2D eigenvalue weighted by Crippen LogP contribution is 2.41. The first kappa shape index (κ1) is 24.7. The van der Waals surface area contributed by atoms with Gasteiger partial charge in [-0.3, -0.25) is 4.90 Å². The lowest BCUT2D eigenvalue weighted by atomic mass is 9.73. The maximum atomic E-state index is 10.1. The third-order valence-corrected chi connectivity index (χ3v) is 7.60. The first-order chi connectivity index (χ1) is 16.0. The van der Waals surface area contributed by atoms with Gasteiger partial charge in [0.25, 0.3) is 0 Å². The standard InChI is InChI=1S/C26H31N5OS/c1-21(2)26(20-28,25-17-23(29-3)19-33-25)9-4-10-30-11-13-31(14-12-30)15-16-32-24-7-5-22(18-27)6-8-24/h5-8,17,19,21H,4,9-16H2,1-2H3. The summed E-state index contributed by atoms with van der Waals surface area (Å²) >= 11 is 1.55. The van der Waals surface area contributed by atoms with Crippen LogP contribution in [-0.2, 0) is 5.41 Å². The van der Waals surface area contributed by atoms with Gasteiger partial charge in [0.05, 0.1) is 29.7 Å². The molecule has 3 rings (SSSR count). The predicted octanol–water partition coefficient (Wildman–Crippen LogP) is 5.06. The van der Waals surface area contributed by atoms with Crippen LogP contribution in [0.4, 0.5) is 5.69 Å². The van der Waals surface area contributed by atoms with Gasteiger partial charge in [0.15, 0.2) is 5.69 Å². The smallest absolute Gasteiger partial charge is 0.198 e. The van der Waals surface area contributed by atoms with Gasteiger partial charge in [0.2, 0.25) is 0 Å². The lowest BCUT2D eigenvalue weighted by Gasteiger charge is -2.36. The molecular formula is C26H31N5OS. The van der Waals surface area contributed by atoms with Crippen LogP contribution in [0.2, 0.25) is 0 Å². The highest BCUT2D eigenvalue weighted by molar-refractivity contribution is 7.10. The van der Waals surface area contributed by atoms with Crippen molar-refractivity contribution in [3.8, 4) is 17.9 Å². The molecule has 7 heteroatoms. The summed E-state index contributed by atoms with van der Waals surface area (Å²) in [5.74, 6) is 1.00. The number of hydrogen-bond donors (Lipinski definition) is 0. The second kappa shape index (κ2) is 11.8. The molecule has 1 unspecified atom stereocenters. The topological polar surface area (TPSA) is 67.7 Å². The Morgan fingerprint density at radius 2 is 1.79 bits per heavy atom. The normalized spacial score (nSPS) is 16.5. The molecule has 0 radical (unpaired) electrons. The molecule has 1 aliphatic heterocycles. The van der Waals surface area contributed by atoms with E-state index in [1.807, 2.05) is 23.6 Å². The molecule has 1 fully saturated rings. The van der Waals surface area contributed by atoms with Gasteiger partial charge in [-0.1, -0.05) is 13.8 Å². The summed E-state index contributed by atoms with van der Waals surface area (Å²) in [5.41, 5.74) is 0.759. The SMILES string of the molecule is [C-]#[N+]c1csc(C(C#N)(CCCN2CCN(CCOc3ccc(C#N)cc3)CC2)C(C)C)c1. The average molecular weight is 462 g/mol. The fraction of sp³-hybridized carbons (Fsp3) is 0.500. The summed E-state index contributed by atoms with van der Waals surface area (Å²) in [6.45, 7) is 18.1. The molecule has 1 aromatic carbocycles. The van der Waals surface area contributed by atoms with Crippen molar-refractivity contribution in [1.29, 1.82) is 10.5 Å². The van der Waals surface area contributed by atoms with E-state index >= 15 is 0 Å². The predicted molar refractivity (Wildman–Crippen MR) is 131 cm³/mol. The minimum absolute atomic E-state index is 0.202. The molecule has 0 amide bonds. The van der Waals surface area contributed by atoms with Gasteiger partial charge in [0.1, 0.15) is 12.4 Å². The van der Waals surface area contributed by atoms with E-state index in [1.165, 1.54) is 0 Å². The molecule has 0 saturated carbocycles. The Hall–Kier alpha value is -2.89. The quantitative estimate of drug-likeness (QED) is 0.463. The Morgan fingerprint density at radius 3 is 2.33 bits per heavy atom. The molecule has 0 aliphatic carbocycles. The van der Waals surface area contributed by atoms with Crippen molar-refractivity contribution >= 4 is 17.0 Å². The number of hydrogen-bond acceptors (Lipinski definition) is 6. The minimum Gasteiger partial charge on any atom is -0.492 e. The number of ether oxygens (including phenoxy) is 1. The number of rotatable bonds is 10. The Bertz CT molecular complexity index is 1020.